The molecule has 2 aromatic rings. The minimum atomic E-state index is -1.39. The zero-order valence-corrected chi connectivity index (χ0v) is 14.4. The second-order valence-corrected chi connectivity index (χ2v) is 6.89. The summed E-state index contributed by atoms with van der Waals surface area (Å²) in [5, 5.41) is 3.59. The van der Waals surface area contributed by atoms with Crippen LogP contribution in [-0.4, -0.2) is 23.1 Å². The summed E-state index contributed by atoms with van der Waals surface area (Å²) < 4.78 is 17.3. The van der Waals surface area contributed by atoms with Crippen molar-refractivity contribution in [1.82, 2.24) is 0 Å². The Bertz CT molecular complexity index is 804. The Hall–Kier alpha value is -2.31. The monoisotopic (exact) mass is 362 g/mol. The number of amides is 1. The molecule has 0 saturated carbocycles. The van der Waals surface area contributed by atoms with Gasteiger partial charge in [0.05, 0.1) is 17.9 Å². The van der Waals surface area contributed by atoms with E-state index in [-0.39, 0.29) is 16.7 Å². The zero-order chi connectivity index (χ0) is 17.1. The van der Waals surface area contributed by atoms with E-state index in [9.17, 15) is 9.00 Å². The maximum Gasteiger partial charge on any atom is 0.269 e. The minimum Gasteiger partial charge on any atom is -0.497 e. The molecule has 1 saturated heterocycles. The smallest absolute Gasteiger partial charge is 0.269 e. The highest BCUT2D eigenvalue weighted by molar-refractivity contribution is 7.90. The van der Waals surface area contributed by atoms with Gasteiger partial charge in [-0.05, 0) is 48.5 Å². The SMILES string of the molecule is COc1ccc(N/C=C2\C(=O)N(c3ccc(Cl)cc3)C[S@]2=O)cc1. The molecule has 0 bridgehead atoms. The van der Waals surface area contributed by atoms with Crippen LogP contribution in [-0.2, 0) is 15.6 Å². The van der Waals surface area contributed by atoms with E-state index in [0.29, 0.717) is 10.7 Å². The summed E-state index contributed by atoms with van der Waals surface area (Å²) in [6.45, 7) is 0. The van der Waals surface area contributed by atoms with Crippen LogP contribution in [0.3, 0.4) is 0 Å². The summed E-state index contributed by atoms with van der Waals surface area (Å²) in [6.07, 6.45) is 1.50. The number of methoxy groups -OCH3 is 1. The van der Waals surface area contributed by atoms with Crippen LogP contribution in [0.5, 0.6) is 5.75 Å². The van der Waals surface area contributed by atoms with E-state index in [1.54, 1.807) is 43.5 Å². The standard InChI is InChI=1S/C17H15ClN2O3S/c1-23-15-8-4-13(5-9-15)19-10-16-17(21)20(11-24(16)22)14-6-2-12(18)3-7-14/h2-10,19H,11H2,1H3/b16-10+/t24-/m1/s1. The number of rotatable bonds is 4. The number of anilines is 2. The van der Waals surface area contributed by atoms with Gasteiger partial charge in [-0.25, -0.2) is 0 Å². The van der Waals surface area contributed by atoms with E-state index >= 15 is 0 Å². The highest BCUT2D eigenvalue weighted by atomic mass is 35.5. The number of nitrogens with zero attached hydrogens (tertiary/aromatic N) is 1. The minimum absolute atomic E-state index is 0.136. The van der Waals surface area contributed by atoms with Gasteiger partial charge in [0.25, 0.3) is 5.91 Å². The Kier molecular flexibility index (Phi) is 4.87. The van der Waals surface area contributed by atoms with Crippen LogP contribution in [0.25, 0.3) is 0 Å². The summed E-state index contributed by atoms with van der Waals surface area (Å²) in [5.41, 5.74) is 1.45. The highest BCUT2D eigenvalue weighted by Crippen LogP contribution is 2.26. The normalized spacial score (nSPS) is 18.9. The second kappa shape index (κ2) is 7.07. The lowest BCUT2D eigenvalue weighted by molar-refractivity contribution is -0.114. The lowest BCUT2D eigenvalue weighted by atomic mass is 10.3. The Balaban J connectivity index is 1.76. The highest BCUT2D eigenvalue weighted by Gasteiger charge is 2.33. The van der Waals surface area contributed by atoms with Crippen LogP contribution >= 0.6 is 11.6 Å². The average molecular weight is 363 g/mol. The first-order chi connectivity index (χ1) is 11.6. The van der Waals surface area contributed by atoms with Crippen molar-refractivity contribution in [3.8, 4) is 5.75 Å². The topological polar surface area (TPSA) is 58.6 Å². The van der Waals surface area contributed by atoms with Gasteiger partial charge in [-0.1, -0.05) is 11.6 Å². The van der Waals surface area contributed by atoms with Gasteiger partial charge in [0, 0.05) is 22.6 Å². The van der Waals surface area contributed by atoms with Gasteiger partial charge < -0.3 is 10.1 Å². The number of halogens is 1. The fourth-order valence-corrected chi connectivity index (χ4v) is 3.51. The predicted molar refractivity (Wildman–Crippen MR) is 96.6 cm³/mol. The number of benzene rings is 2. The largest absolute Gasteiger partial charge is 0.497 e. The van der Waals surface area contributed by atoms with Crippen LogP contribution < -0.4 is 15.0 Å². The first-order valence-corrected chi connectivity index (χ1v) is 8.85. The third kappa shape index (κ3) is 3.44. The number of hydrogen-bond donors (Lipinski definition) is 1. The number of nitrogens with one attached hydrogen (secondary N) is 1. The first-order valence-electron chi connectivity index (χ1n) is 7.15. The molecule has 0 unspecified atom stereocenters. The van der Waals surface area contributed by atoms with Crippen LogP contribution in [0.1, 0.15) is 0 Å². The van der Waals surface area contributed by atoms with Crippen molar-refractivity contribution >= 4 is 39.7 Å². The Morgan fingerprint density at radius 2 is 1.83 bits per heavy atom. The molecule has 7 heteroatoms. The lowest BCUT2D eigenvalue weighted by Crippen LogP contribution is -2.24. The summed E-state index contributed by atoms with van der Waals surface area (Å²) in [5.74, 6) is 0.593. The van der Waals surface area contributed by atoms with Crippen LogP contribution in [0.15, 0.2) is 59.6 Å². The van der Waals surface area contributed by atoms with Gasteiger partial charge in [0.2, 0.25) is 0 Å². The summed E-state index contributed by atoms with van der Waals surface area (Å²) in [6, 6.07) is 14.1. The van der Waals surface area contributed by atoms with Crippen molar-refractivity contribution in [1.29, 1.82) is 0 Å². The molecule has 1 atom stereocenters. The molecule has 1 aliphatic rings. The molecular formula is C17H15ClN2O3S. The fourth-order valence-electron chi connectivity index (χ4n) is 2.25. The molecule has 1 N–H and O–H groups in total. The summed E-state index contributed by atoms with van der Waals surface area (Å²) in [7, 11) is 0.204. The predicted octanol–water partition coefficient (Wildman–Crippen LogP) is 3.35. The van der Waals surface area contributed by atoms with Gasteiger partial charge in [-0.2, -0.15) is 0 Å². The number of carbonyl (C=O) groups excluding carboxylic acids is 1. The molecule has 0 aromatic heterocycles. The molecule has 1 amide bonds. The van der Waals surface area contributed by atoms with E-state index in [1.165, 1.54) is 11.1 Å². The fraction of sp³-hybridized carbons (Fsp3) is 0.118. The molecule has 2 aromatic carbocycles. The van der Waals surface area contributed by atoms with E-state index in [1.807, 2.05) is 12.1 Å². The summed E-state index contributed by atoms with van der Waals surface area (Å²) >= 11 is 5.86. The number of carbonyl (C=O) groups is 1. The Labute approximate surface area is 147 Å². The first kappa shape index (κ1) is 16.5. The lowest BCUT2D eigenvalue weighted by Gasteiger charge is -2.13. The third-order valence-electron chi connectivity index (χ3n) is 3.55. The number of ether oxygens (including phenoxy) is 1. The Morgan fingerprint density at radius 3 is 2.46 bits per heavy atom. The number of hydrogen-bond acceptors (Lipinski definition) is 4. The Morgan fingerprint density at radius 1 is 1.17 bits per heavy atom. The van der Waals surface area contributed by atoms with Crippen molar-refractivity contribution < 1.29 is 13.7 Å². The van der Waals surface area contributed by atoms with E-state index in [4.69, 9.17) is 16.3 Å². The van der Waals surface area contributed by atoms with Gasteiger partial charge in [-0.15, -0.1) is 0 Å². The third-order valence-corrected chi connectivity index (χ3v) is 5.07. The molecule has 1 heterocycles. The molecule has 0 radical (unpaired) electrons. The van der Waals surface area contributed by atoms with Crippen molar-refractivity contribution in [2.45, 2.75) is 0 Å². The summed E-state index contributed by atoms with van der Waals surface area (Å²) in [4.78, 5) is 14.2. The maximum atomic E-state index is 12.5. The van der Waals surface area contributed by atoms with E-state index in [2.05, 4.69) is 5.32 Å². The van der Waals surface area contributed by atoms with Crippen molar-refractivity contribution in [3.63, 3.8) is 0 Å². The van der Waals surface area contributed by atoms with Gasteiger partial charge in [-0.3, -0.25) is 13.9 Å². The van der Waals surface area contributed by atoms with Crippen LogP contribution in [0, 0.1) is 0 Å². The average Bonchev–Trinajstić information content (AvgIpc) is 2.88. The molecule has 124 valence electrons. The van der Waals surface area contributed by atoms with E-state index in [0.717, 1.165) is 11.4 Å². The van der Waals surface area contributed by atoms with Gasteiger partial charge >= 0.3 is 0 Å². The molecule has 1 fully saturated rings. The maximum absolute atomic E-state index is 12.5. The zero-order valence-electron chi connectivity index (χ0n) is 12.9. The molecule has 24 heavy (non-hydrogen) atoms. The second-order valence-electron chi connectivity index (χ2n) is 5.07. The van der Waals surface area contributed by atoms with Crippen LogP contribution in [0.4, 0.5) is 11.4 Å². The quantitative estimate of drug-likeness (QED) is 0.847. The molecular weight excluding hydrogens is 348 g/mol. The van der Waals surface area contributed by atoms with Gasteiger partial charge in [0.15, 0.2) is 0 Å². The van der Waals surface area contributed by atoms with Gasteiger partial charge in [0.1, 0.15) is 16.5 Å². The molecule has 3 rings (SSSR count). The van der Waals surface area contributed by atoms with Crippen molar-refractivity contribution in [2.75, 3.05) is 23.2 Å². The van der Waals surface area contributed by atoms with Crippen LogP contribution in [0.2, 0.25) is 5.02 Å². The van der Waals surface area contributed by atoms with E-state index < -0.39 is 10.8 Å². The molecule has 0 spiro atoms. The van der Waals surface area contributed by atoms with Crippen molar-refractivity contribution in [3.05, 3.63) is 64.7 Å². The molecule has 5 nitrogen and oxygen atoms in total. The van der Waals surface area contributed by atoms with Crippen molar-refractivity contribution in [2.24, 2.45) is 0 Å². The molecule has 1 aliphatic heterocycles. The molecule has 0 aliphatic carbocycles.